The van der Waals surface area contributed by atoms with Gasteiger partial charge in [-0.15, -0.1) is 0 Å². The van der Waals surface area contributed by atoms with E-state index in [2.05, 4.69) is 140 Å². The Labute approximate surface area is 294 Å². The van der Waals surface area contributed by atoms with Crippen LogP contribution in [0.5, 0.6) is 11.5 Å². The maximum absolute atomic E-state index is 6.51. The van der Waals surface area contributed by atoms with Crippen molar-refractivity contribution in [2.45, 2.75) is 0 Å². The Morgan fingerprint density at radius 3 is 1.43 bits per heavy atom. The molecule has 9 nitrogen and oxygen atoms in total. The van der Waals surface area contributed by atoms with E-state index in [0.29, 0.717) is 13.3 Å². The lowest BCUT2D eigenvalue weighted by atomic mass is 10.2. The van der Waals surface area contributed by atoms with Gasteiger partial charge in [0.05, 0.1) is 24.4 Å². The molecule has 248 valence electrons. The molecule has 0 aliphatic carbocycles. The maximum atomic E-state index is 6.51. The Kier molecular flexibility index (Phi) is 6.54. The van der Waals surface area contributed by atoms with Gasteiger partial charge in [0.1, 0.15) is 34.4 Å². The van der Waals surface area contributed by atoms with Crippen LogP contribution in [0.2, 0.25) is 0 Å². The van der Waals surface area contributed by atoms with Gasteiger partial charge >= 0.3 is 0 Å². The number of pyridine rings is 2. The number of benzene rings is 4. The van der Waals surface area contributed by atoms with Crippen molar-refractivity contribution >= 4 is 66.9 Å². The lowest BCUT2D eigenvalue weighted by molar-refractivity contribution is 0.479. The molecule has 4 aromatic carbocycles. The third-order valence-electron chi connectivity index (χ3n) is 9.91. The molecule has 2 aliphatic rings. The number of nitrogens with zero attached hydrogens (tertiary/aromatic N) is 8. The summed E-state index contributed by atoms with van der Waals surface area (Å²) in [5.41, 5.74) is 6.28. The van der Waals surface area contributed by atoms with Gasteiger partial charge < -0.3 is 24.3 Å². The van der Waals surface area contributed by atoms with Gasteiger partial charge in [0.2, 0.25) is 0 Å². The normalized spacial score (nSPS) is 14.8. The first-order valence-electron chi connectivity index (χ1n) is 17.1. The van der Waals surface area contributed by atoms with Gasteiger partial charge in [0.25, 0.3) is 0 Å². The van der Waals surface area contributed by atoms with Crippen molar-refractivity contribution in [2.75, 3.05) is 37.2 Å². The van der Waals surface area contributed by atoms with Crippen LogP contribution in [0.1, 0.15) is 0 Å². The van der Waals surface area contributed by atoms with Gasteiger partial charge in [0, 0.05) is 83.9 Å². The van der Waals surface area contributed by atoms with E-state index in [4.69, 9.17) is 14.7 Å². The van der Waals surface area contributed by atoms with Crippen molar-refractivity contribution in [3.8, 4) is 11.5 Å². The highest BCUT2D eigenvalue weighted by molar-refractivity contribution is 6.09. The fraction of sp³-hybridized carbons (Fsp3) is 0.0952. The van der Waals surface area contributed by atoms with Crippen LogP contribution in [0.25, 0.3) is 55.5 Å². The average Bonchev–Trinajstić information content (AvgIpc) is 3.92. The number of fused-ring (bicyclic) bond motifs is 6. The predicted molar refractivity (Wildman–Crippen MR) is 206 cm³/mol. The molecule has 9 heteroatoms. The third kappa shape index (κ3) is 4.69. The summed E-state index contributed by atoms with van der Waals surface area (Å²) >= 11 is 0. The Morgan fingerprint density at radius 1 is 0.490 bits per heavy atom. The van der Waals surface area contributed by atoms with Crippen molar-refractivity contribution in [2.24, 2.45) is 0 Å². The van der Waals surface area contributed by atoms with Crippen molar-refractivity contribution in [3.05, 3.63) is 146 Å². The zero-order valence-corrected chi connectivity index (χ0v) is 28.3. The van der Waals surface area contributed by atoms with Crippen molar-refractivity contribution < 1.29 is 4.74 Å². The predicted octanol–water partition coefficient (Wildman–Crippen LogP) is 8.82. The van der Waals surface area contributed by atoms with Crippen LogP contribution in [0.15, 0.2) is 146 Å². The molecule has 6 heterocycles. The Hall–Kier alpha value is -6.74. The van der Waals surface area contributed by atoms with Gasteiger partial charge in [-0.05, 0) is 60.7 Å². The molecule has 4 aromatic heterocycles. The van der Waals surface area contributed by atoms with Crippen LogP contribution < -0.4 is 14.5 Å². The smallest absolute Gasteiger partial charge is 0.146 e. The second-order valence-electron chi connectivity index (χ2n) is 13.1. The van der Waals surface area contributed by atoms with E-state index < -0.39 is 0 Å². The Morgan fingerprint density at radius 2 is 0.941 bits per heavy atom. The fourth-order valence-corrected chi connectivity index (χ4v) is 7.57. The number of hydrogen-bond acceptors (Lipinski definition) is 7. The molecule has 0 unspecified atom stereocenters. The zero-order chi connectivity index (χ0) is 34.1. The monoisotopic (exact) mass is 666 g/mol. The molecule has 10 rings (SSSR count). The van der Waals surface area contributed by atoms with E-state index in [1.165, 1.54) is 10.8 Å². The van der Waals surface area contributed by atoms with Crippen LogP contribution in [0.4, 0.5) is 11.4 Å². The molecule has 0 N–H and O–H groups in total. The number of hydrogen-bond donors (Lipinski definition) is 0. The summed E-state index contributed by atoms with van der Waals surface area (Å²) < 4.78 is 11.0. The highest BCUT2D eigenvalue weighted by Crippen LogP contribution is 2.37. The topological polar surface area (TPSA) is 57.8 Å². The molecule has 0 radical (unpaired) electrons. The minimum atomic E-state index is 0.702. The minimum absolute atomic E-state index is 0.702. The molecule has 0 atom stereocenters. The van der Waals surface area contributed by atoms with E-state index in [-0.39, 0.29) is 0 Å². The summed E-state index contributed by atoms with van der Waals surface area (Å²) in [6.45, 7) is 1.40. The highest BCUT2D eigenvalue weighted by atomic mass is 16.5. The van der Waals surface area contributed by atoms with Gasteiger partial charge in [-0.3, -0.25) is 9.13 Å². The molecule has 0 fully saturated rings. The third-order valence-corrected chi connectivity index (χ3v) is 9.91. The fourth-order valence-electron chi connectivity index (χ4n) is 7.57. The second kappa shape index (κ2) is 11.4. The summed E-state index contributed by atoms with van der Waals surface area (Å²) in [7, 11) is 4.24. The number of aromatic nitrogens is 4. The number of anilines is 2. The molecule has 0 saturated heterocycles. The number of rotatable bonds is 6. The van der Waals surface area contributed by atoms with Gasteiger partial charge in [0.15, 0.2) is 0 Å². The second-order valence-corrected chi connectivity index (χ2v) is 13.1. The van der Waals surface area contributed by atoms with Crippen LogP contribution in [-0.2, 0) is 0 Å². The Balaban J connectivity index is 0.937. The zero-order valence-electron chi connectivity index (χ0n) is 28.3. The first-order chi connectivity index (χ1) is 25.1. The molecule has 0 bridgehead atoms. The highest BCUT2D eigenvalue weighted by Gasteiger charge is 2.26. The first-order valence-corrected chi connectivity index (χ1v) is 17.1. The quantitative estimate of drug-likeness (QED) is 0.176. The van der Waals surface area contributed by atoms with E-state index in [0.717, 1.165) is 67.6 Å². The van der Waals surface area contributed by atoms with Gasteiger partial charge in [-0.25, -0.2) is 9.97 Å². The largest absolute Gasteiger partial charge is 0.457 e. The summed E-state index contributed by atoms with van der Waals surface area (Å²) in [4.78, 5) is 18.6. The van der Waals surface area contributed by atoms with Crippen LogP contribution >= 0.6 is 0 Å². The first kappa shape index (κ1) is 29.2. The molecule has 51 heavy (non-hydrogen) atoms. The summed E-state index contributed by atoms with van der Waals surface area (Å²) in [5, 5.41) is 4.69. The summed E-state index contributed by atoms with van der Waals surface area (Å²) in [6, 6.07) is 41.8. The number of ether oxygens (including phenoxy) is 1. The van der Waals surface area contributed by atoms with E-state index >= 15 is 0 Å². The molecular formula is C42H34N8O. The maximum Gasteiger partial charge on any atom is 0.146 e. The molecule has 0 amide bonds. The van der Waals surface area contributed by atoms with Gasteiger partial charge in [-0.1, -0.05) is 48.5 Å². The van der Waals surface area contributed by atoms with Crippen molar-refractivity contribution in [1.29, 1.82) is 0 Å². The van der Waals surface area contributed by atoms with Crippen LogP contribution in [-0.4, -0.2) is 56.3 Å². The summed E-state index contributed by atoms with van der Waals surface area (Å²) in [6.07, 6.45) is 8.12. The molecular weight excluding hydrogens is 633 g/mol. The average molecular weight is 667 g/mol. The molecule has 8 aromatic rings. The molecule has 0 saturated carbocycles. The SMILES string of the molecule is CN1CN(c2cccc(Oc3cccc(N4C=C(n5c6ccccc6c6cccnc65)N(C)C4)c3)c2)C=C1n1c2ccccc2c2cccnc21. The van der Waals surface area contributed by atoms with E-state index in [1.54, 1.807) is 0 Å². The summed E-state index contributed by atoms with van der Waals surface area (Å²) in [5.74, 6) is 3.69. The molecule has 2 aliphatic heterocycles. The van der Waals surface area contributed by atoms with Crippen molar-refractivity contribution in [3.63, 3.8) is 0 Å². The van der Waals surface area contributed by atoms with Crippen molar-refractivity contribution in [1.82, 2.24) is 28.9 Å². The van der Waals surface area contributed by atoms with E-state index in [1.807, 2.05) is 48.8 Å². The lowest BCUT2D eigenvalue weighted by Crippen LogP contribution is -2.24. The van der Waals surface area contributed by atoms with E-state index in [9.17, 15) is 0 Å². The van der Waals surface area contributed by atoms with Gasteiger partial charge in [-0.2, -0.15) is 0 Å². The Bertz CT molecular complexity index is 2410. The standard InChI is InChI=1S/C42H34N8O/c1-45-27-47(25-39(45)49-37-19-5-3-15-33(37)35-17-9-21-43-41(35)49)29-11-7-13-31(23-29)51-32-14-8-12-30(24-32)48-26-40(46(2)28-48)50-38-20-6-4-16-34(38)36-18-10-22-44-42(36)50/h3-26H,27-28H2,1-2H3. The lowest BCUT2D eigenvalue weighted by Gasteiger charge is -2.21. The molecule has 0 spiro atoms. The minimum Gasteiger partial charge on any atom is -0.457 e. The number of para-hydroxylation sites is 2. The van der Waals surface area contributed by atoms with Crippen LogP contribution in [0, 0.1) is 0 Å². The van der Waals surface area contributed by atoms with Crippen LogP contribution in [0.3, 0.4) is 0 Å².